The molecule has 16 heavy (non-hydrogen) atoms. The predicted octanol–water partition coefficient (Wildman–Crippen LogP) is 0.655. The van der Waals surface area contributed by atoms with Gasteiger partial charge in [0.25, 0.3) is 5.91 Å². The predicted molar refractivity (Wildman–Crippen MR) is 61.1 cm³/mol. The number of hydrogen-bond acceptors (Lipinski definition) is 3. The van der Waals surface area contributed by atoms with E-state index in [1.165, 1.54) is 0 Å². The zero-order valence-corrected chi connectivity index (χ0v) is 9.89. The summed E-state index contributed by atoms with van der Waals surface area (Å²) < 4.78 is 1.74. The third-order valence-electron chi connectivity index (χ3n) is 2.36. The highest BCUT2D eigenvalue weighted by Crippen LogP contribution is 2.03. The lowest BCUT2D eigenvalue weighted by atomic mass is 10.3. The lowest BCUT2D eigenvalue weighted by molar-refractivity contribution is 0.0714. The van der Waals surface area contributed by atoms with Crippen LogP contribution in [0.5, 0.6) is 0 Å². The van der Waals surface area contributed by atoms with Gasteiger partial charge in [-0.2, -0.15) is 0 Å². The Bertz CT molecular complexity index is 336. The number of carbonyl (C=O) groups is 1. The summed E-state index contributed by atoms with van der Waals surface area (Å²) in [5, 5.41) is 8.92. The van der Waals surface area contributed by atoms with Crippen molar-refractivity contribution in [2.45, 2.75) is 19.8 Å². The molecular weight excluding hydrogens is 206 g/mol. The molecule has 0 bridgehead atoms. The number of aliphatic hydroxyl groups excluding tert-OH is 1. The van der Waals surface area contributed by atoms with Crippen molar-refractivity contribution in [3.63, 3.8) is 0 Å². The van der Waals surface area contributed by atoms with E-state index in [-0.39, 0.29) is 12.5 Å². The normalized spacial score (nSPS) is 10.4. The number of hydrogen-bond donors (Lipinski definition) is 1. The molecule has 1 N–H and O–H groups in total. The number of nitrogens with zero attached hydrogens (tertiary/aromatic N) is 3. The number of aliphatic hydroxyl groups is 1. The Balaban J connectivity index is 2.66. The molecule has 0 fully saturated rings. The topological polar surface area (TPSA) is 58.4 Å². The molecule has 1 aromatic heterocycles. The van der Waals surface area contributed by atoms with Gasteiger partial charge in [0.1, 0.15) is 5.69 Å². The Morgan fingerprint density at radius 3 is 2.81 bits per heavy atom. The smallest absolute Gasteiger partial charge is 0.274 e. The van der Waals surface area contributed by atoms with Crippen molar-refractivity contribution in [3.8, 4) is 0 Å². The van der Waals surface area contributed by atoms with Crippen molar-refractivity contribution in [2.75, 3.05) is 19.7 Å². The second-order valence-corrected chi connectivity index (χ2v) is 3.79. The second kappa shape index (κ2) is 6.27. The molecule has 0 aliphatic carbocycles. The van der Waals surface area contributed by atoms with Crippen LogP contribution in [-0.2, 0) is 7.05 Å². The van der Waals surface area contributed by atoms with Gasteiger partial charge in [-0.05, 0) is 6.42 Å². The number of carbonyl (C=O) groups excluding carboxylic acids is 1. The minimum Gasteiger partial charge on any atom is -0.395 e. The van der Waals surface area contributed by atoms with Gasteiger partial charge in [-0.1, -0.05) is 13.3 Å². The van der Waals surface area contributed by atoms with E-state index < -0.39 is 0 Å². The molecule has 5 heteroatoms. The maximum absolute atomic E-state index is 12.0. The number of imidazole rings is 1. The van der Waals surface area contributed by atoms with Crippen LogP contribution in [-0.4, -0.2) is 45.2 Å². The Labute approximate surface area is 95.7 Å². The van der Waals surface area contributed by atoms with Crippen molar-refractivity contribution in [1.29, 1.82) is 0 Å². The van der Waals surface area contributed by atoms with Crippen molar-refractivity contribution in [3.05, 3.63) is 18.2 Å². The molecule has 0 spiro atoms. The fraction of sp³-hybridized carbons (Fsp3) is 0.636. The monoisotopic (exact) mass is 225 g/mol. The lowest BCUT2D eigenvalue weighted by Crippen LogP contribution is -2.34. The first-order chi connectivity index (χ1) is 7.69. The summed E-state index contributed by atoms with van der Waals surface area (Å²) in [4.78, 5) is 17.7. The molecule has 1 rings (SSSR count). The van der Waals surface area contributed by atoms with Crippen LogP contribution in [0.25, 0.3) is 0 Å². The van der Waals surface area contributed by atoms with Crippen LogP contribution in [0.3, 0.4) is 0 Å². The van der Waals surface area contributed by atoms with E-state index in [4.69, 9.17) is 5.11 Å². The number of amides is 1. The highest BCUT2D eigenvalue weighted by Gasteiger charge is 2.16. The van der Waals surface area contributed by atoms with E-state index in [9.17, 15) is 4.79 Å². The van der Waals surface area contributed by atoms with Crippen LogP contribution in [0.2, 0.25) is 0 Å². The molecule has 1 heterocycles. The Kier molecular flexibility index (Phi) is 4.98. The van der Waals surface area contributed by atoms with E-state index in [0.29, 0.717) is 18.8 Å². The van der Waals surface area contributed by atoms with Gasteiger partial charge in [0.2, 0.25) is 0 Å². The van der Waals surface area contributed by atoms with E-state index in [0.717, 1.165) is 12.8 Å². The molecule has 0 aliphatic rings. The van der Waals surface area contributed by atoms with Gasteiger partial charge in [-0.3, -0.25) is 4.79 Å². The molecular formula is C11H19N3O2. The van der Waals surface area contributed by atoms with E-state index in [1.54, 1.807) is 22.0 Å². The average molecular weight is 225 g/mol. The van der Waals surface area contributed by atoms with Gasteiger partial charge in [0, 0.05) is 26.3 Å². The zero-order chi connectivity index (χ0) is 12.0. The summed E-state index contributed by atoms with van der Waals surface area (Å²) in [6, 6.07) is 0. The number of rotatable bonds is 6. The summed E-state index contributed by atoms with van der Waals surface area (Å²) >= 11 is 0. The molecule has 0 aliphatic heterocycles. The minimum absolute atomic E-state index is 0.0116. The fourth-order valence-corrected chi connectivity index (χ4v) is 1.47. The first kappa shape index (κ1) is 12.7. The Morgan fingerprint density at radius 2 is 2.31 bits per heavy atom. The maximum atomic E-state index is 12.0. The van der Waals surface area contributed by atoms with Crippen LogP contribution < -0.4 is 0 Å². The SMILES string of the molecule is CCCCN(CCO)C(=O)c1cn(C)cn1. The fourth-order valence-electron chi connectivity index (χ4n) is 1.47. The van der Waals surface area contributed by atoms with Crippen LogP contribution in [0.4, 0.5) is 0 Å². The molecule has 1 aromatic rings. The molecule has 0 radical (unpaired) electrons. The molecule has 0 aromatic carbocycles. The standard InChI is InChI=1S/C11H19N3O2/c1-3-4-5-14(6-7-15)11(16)10-8-13(2)9-12-10/h8-9,15H,3-7H2,1-2H3. The second-order valence-electron chi connectivity index (χ2n) is 3.79. The van der Waals surface area contributed by atoms with Gasteiger partial charge in [0.15, 0.2) is 0 Å². The number of aryl methyl sites for hydroxylation is 1. The molecule has 0 saturated carbocycles. The largest absolute Gasteiger partial charge is 0.395 e. The van der Waals surface area contributed by atoms with Crippen LogP contribution in [0.1, 0.15) is 30.3 Å². The van der Waals surface area contributed by atoms with Gasteiger partial charge in [0.05, 0.1) is 12.9 Å². The van der Waals surface area contributed by atoms with Crippen molar-refractivity contribution in [1.82, 2.24) is 14.5 Å². The van der Waals surface area contributed by atoms with Crippen molar-refractivity contribution < 1.29 is 9.90 Å². The molecule has 0 unspecified atom stereocenters. The van der Waals surface area contributed by atoms with Gasteiger partial charge in [-0.25, -0.2) is 4.98 Å². The number of aromatic nitrogens is 2. The Hall–Kier alpha value is -1.36. The zero-order valence-electron chi connectivity index (χ0n) is 9.89. The average Bonchev–Trinajstić information content (AvgIpc) is 2.70. The third-order valence-corrected chi connectivity index (χ3v) is 2.36. The molecule has 0 saturated heterocycles. The molecule has 0 atom stereocenters. The van der Waals surface area contributed by atoms with Crippen LogP contribution >= 0.6 is 0 Å². The molecule has 90 valence electrons. The lowest BCUT2D eigenvalue weighted by Gasteiger charge is -2.20. The van der Waals surface area contributed by atoms with Gasteiger partial charge in [-0.15, -0.1) is 0 Å². The van der Waals surface area contributed by atoms with Crippen molar-refractivity contribution in [2.24, 2.45) is 7.05 Å². The summed E-state index contributed by atoms with van der Waals surface area (Å²) in [7, 11) is 1.83. The molecule has 1 amide bonds. The van der Waals surface area contributed by atoms with E-state index >= 15 is 0 Å². The number of unbranched alkanes of at least 4 members (excludes halogenated alkanes) is 1. The van der Waals surface area contributed by atoms with Crippen LogP contribution in [0, 0.1) is 0 Å². The summed E-state index contributed by atoms with van der Waals surface area (Å²) in [5.74, 6) is -0.108. The Morgan fingerprint density at radius 1 is 1.56 bits per heavy atom. The highest BCUT2D eigenvalue weighted by molar-refractivity contribution is 5.92. The van der Waals surface area contributed by atoms with Gasteiger partial charge >= 0.3 is 0 Å². The highest BCUT2D eigenvalue weighted by atomic mass is 16.3. The van der Waals surface area contributed by atoms with E-state index in [2.05, 4.69) is 11.9 Å². The quantitative estimate of drug-likeness (QED) is 0.773. The summed E-state index contributed by atoms with van der Waals surface area (Å²) in [6.07, 6.45) is 5.26. The third kappa shape index (κ3) is 3.34. The minimum atomic E-state index is -0.108. The summed E-state index contributed by atoms with van der Waals surface area (Å²) in [6.45, 7) is 3.10. The first-order valence-corrected chi connectivity index (χ1v) is 5.57. The van der Waals surface area contributed by atoms with E-state index in [1.807, 2.05) is 7.05 Å². The van der Waals surface area contributed by atoms with Crippen molar-refractivity contribution >= 4 is 5.91 Å². The maximum Gasteiger partial charge on any atom is 0.274 e. The van der Waals surface area contributed by atoms with Crippen LogP contribution in [0.15, 0.2) is 12.5 Å². The first-order valence-electron chi connectivity index (χ1n) is 5.57. The van der Waals surface area contributed by atoms with Gasteiger partial charge < -0.3 is 14.6 Å². The summed E-state index contributed by atoms with van der Waals surface area (Å²) in [5.41, 5.74) is 0.437. The molecule has 5 nitrogen and oxygen atoms in total.